The van der Waals surface area contributed by atoms with Gasteiger partial charge in [0.1, 0.15) is 0 Å². The van der Waals surface area contributed by atoms with Gasteiger partial charge in [0, 0.05) is 26.0 Å². The molecule has 1 nitrogen and oxygen atoms in total. The molecular formula is C6H17NS. The van der Waals surface area contributed by atoms with Crippen molar-refractivity contribution in [3.63, 3.8) is 0 Å². The van der Waals surface area contributed by atoms with E-state index in [1.54, 1.807) is 0 Å². The quantitative estimate of drug-likeness (QED) is 0.541. The van der Waals surface area contributed by atoms with Crippen LogP contribution in [0.2, 0.25) is 0 Å². The van der Waals surface area contributed by atoms with Crippen molar-refractivity contribution >= 4 is 11.8 Å². The first-order chi connectivity index (χ1) is 4.00. The molecular weight excluding hydrogens is 118 g/mol. The minimum absolute atomic E-state index is 0. The molecule has 8 heavy (non-hydrogen) atoms. The lowest BCUT2D eigenvalue weighted by Crippen LogP contribution is -2.24. The number of rotatable bonds is 0. The van der Waals surface area contributed by atoms with Gasteiger partial charge in [0.25, 0.3) is 0 Å². The van der Waals surface area contributed by atoms with E-state index in [4.69, 9.17) is 0 Å². The van der Waals surface area contributed by atoms with Crippen molar-refractivity contribution in [2.24, 2.45) is 0 Å². The van der Waals surface area contributed by atoms with Crippen LogP contribution in [0.5, 0.6) is 0 Å². The highest BCUT2D eigenvalue weighted by Crippen LogP contribution is 1.99. The van der Waals surface area contributed by atoms with E-state index in [1.165, 1.54) is 24.6 Å². The number of hydrogen-bond donors (Lipinski definition) is 1. The zero-order valence-electron chi connectivity index (χ0n) is 5.74. The van der Waals surface area contributed by atoms with Crippen LogP contribution in [0.25, 0.3) is 0 Å². The molecule has 0 aromatic heterocycles. The molecule has 0 aromatic carbocycles. The largest absolute Gasteiger partial charge is 0.315 e. The lowest BCUT2D eigenvalue weighted by atomic mass is 10.6. The van der Waals surface area contributed by atoms with Gasteiger partial charge in [-0.3, -0.25) is 0 Å². The molecule has 1 saturated heterocycles. The van der Waals surface area contributed by atoms with Gasteiger partial charge in [-0.2, -0.15) is 11.8 Å². The average Bonchev–Trinajstić information content (AvgIpc) is 1.96. The lowest BCUT2D eigenvalue weighted by Gasteiger charge is -2.08. The molecule has 0 bridgehead atoms. The highest BCUT2D eigenvalue weighted by Gasteiger charge is 1.93. The summed E-state index contributed by atoms with van der Waals surface area (Å²) in [4.78, 5) is 0. The van der Waals surface area contributed by atoms with Gasteiger partial charge in [0.15, 0.2) is 0 Å². The third-order valence-electron chi connectivity index (χ3n) is 0.846. The van der Waals surface area contributed by atoms with Crippen LogP contribution in [-0.2, 0) is 0 Å². The summed E-state index contributed by atoms with van der Waals surface area (Å²) in [6.45, 7) is 6.43. The number of hydrogen-bond acceptors (Lipinski definition) is 2. The van der Waals surface area contributed by atoms with Crippen LogP contribution in [-0.4, -0.2) is 24.6 Å². The van der Waals surface area contributed by atoms with Crippen LogP contribution in [0.1, 0.15) is 15.3 Å². The molecule has 0 unspecified atom stereocenters. The van der Waals surface area contributed by atoms with E-state index in [0.717, 1.165) is 0 Å². The maximum atomic E-state index is 3.26. The SMILES string of the molecule is C1CSCCN1.CC.[HH]. The summed E-state index contributed by atoms with van der Waals surface area (Å²) in [5.41, 5.74) is 0. The van der Waals surface area contributed by atoms with E-state index in [9.17, 15) is 0 Å². The van der Waals surface area contributed by atoms with Gasteiger partial charge in [0.05, 0.1) is 0 Å². The lowest BCUT2D eigenvalue weighted by molar-refractivity contribution is 0.756. The van der Waals surface area contributed by atoms with Gasteiger partial charge >= 0.3 is 0 Å². The maximum Gasteiger partial charge on any atom is 0.00585 e. The summed E-state index contributed by atoms with van der Waals surface area (Å²) in [6.07, 6.45) is 0. The Balaban J connectivity index is 0. The second-order valence-electron chi connectivity index (χ2n) is 1.36. The first kappa shape index (κ1) is 8.31. The highest BCUT2D eigenvalue weighted by atomic mass is 32.2. The predicted molar refractivity (Wildman–Crippen MR) is 43.7 cm³/mol. The summed E-state index contributed by atoms with van der Waals surface area (Å²) < 4.78 is 0. The number of thioether (sulfide) groups is 1. The second kappa shape index (κ2) is 7.31. The third kappa shape index (κ3) is 4.47. The van der Waals surface area contributed by atoms with Gasteiger partial charge in [-0.25, -0.2) is 0 Å². The van der Waals surface area contributed by atoms with Gasteiger partial charge in [-0.05, 0) is 0 Å². The van der Waals surface area contributed by atoms with E-state index >= 15 is 0 Å². The molecule has 0 saturated carbocycles. The van der Waals surface area contributed by atoms with E-state index in [-0.39, 0.29) is 1.43 Å². The molecule has 1 rings (SSSR count). The third-order valence-corrected chi connectivity index (χ3v) is 1.83. The fraction of sp³-hybridized carbons (Fsp3) is 1.00. The highest BCUT2D eigenvalue weighted by molar-refractivity contribution is 7.99. The Morgan fingerprint density at radius 1 is 1.25 bits per heavy atom. The van der Waals surface area contributed by atoms with Gasteiger partial charge in [-0.15, -0.1) is 0 Å². The topological polar surface area (TPSA) is 12.0 Å². The minimum Gasteiger partial charge on any atom is -0.315 e. The molecule has 1 heterocycles. The normalized spacial score (nSPS) is 18.8. The van der Waals surface area contributed by atoms with E-state index in [0.29, 0.717) is 0 Å². The van der Waals surface area contributed by atoms with Crippen LogP contribution >= 0.6 is 11.8 Å². The van der Waals surface area contributed by atoms with Crippen molar-refractivity contribution in [1.29, 1.82) is 0 Å². The standard InChI is InChI=1S/C4H9NS.C2H6.H2/c1-3-6-4-2-5-1;1-2;/h5H,1-4H2;1-2H3;1H. The average molecular weight is 135 g/mol. The van der Waals surface area contributed by atoms with Crippen LogP contribution < -0.4 is 5.32 Å². The summed E-state index contributed by atoms with van der Waals surface area (Å²) in [6, 6.07) is 0. The molecule has 2 heteroatoms. The molecule has 0 atom stereocenters. The predicted octanol–water partition coefficient (Wildman–Crippen LogP) is 1.59. The molecule has 1 fully saturated rings. The minimum atomic E-state index is 0. The number of nitrogens with one attached hydrogen (secondary N) is 1. The first-order valence-corrected chi connectivity index (χ1v) is 4.44. The molecule has 1 aliphatic heterocycles. The Bertz CT molecular complexity index is 28.5. The van der Waals surface area contributed by atoms with Crippen molar-refractivity contribution in [2.75, 3.05) is 24.6 Å². The van der Waals surface area contributed by atoms with Crippen LogP contribution in [0.3, 0.4) is 0 Å². The smallest absolute Gasteiger partial charge is 0.00585 e. The first-order valence-electron chi connectivity index (χ1n) is 3.28. The Morgan fingerprint density at radius 2 is 1.75 bits per heavy atom. The Hall–Kier alpha value is 0.310. The van der Waals surface area contributed by atoms with Crippen molar-refractivity contribution in [3.05, 3.63) is 0 Å². The van der Waals surface area contributed by atoms with Crippen molar-refractivity contribution < 1.29 is 1.43 Å². The molecule has 0 amide bonds. The molecule has 1 aliphatic rings. The van der Waals surface area contributed by atoms with Crippen molar-refractivity contribution in [2.45, 2.75) is 13.8 Å². The molecule has 0 radical (unpaired) electrons. The monoisotopic (exact) mass is 135 g/mol. The molecule has 0 spiro atoms. The van der Waals surface area contributed by atoms with Crippen LogP contribution in [0.4, 0.5) is 0 Å². The summed E-state index contributed by atoms with van der Waals surface area (Å²) in [5.74, 6) is 2.61. The van der Waals surface area contributed by atoms with Gasteiger partial charge in [0.2, 0.25) is 0 Å². The Kier molecular flexibility index (Phi) is 7.59. The van der Waals surface area contributed by atoms with E-state index in [2.05, 4.69) is 5.32 Å². The summed E-state index contributed by atoms with van der Waals surface area (Å²) in [5, 5.41) is 3.26. The molecule has 52 valence electrons. The van der Waals surface area contributed by atoms with Gasteiger partial charge < -0.3 is 5.32 Å². The summed E-state index contributed by atoms with van der Waals surface area (Å²) >= 11 is 2.03. The van der Waals surface area contributed by atoms with Crippen molar-refractivity contribution in [1.82, 2.24) is 5.32 Å². The zero-order chi connectivity index (χ0) is 6.24. The van der Waals surface area contributed by atoms with E-state index in [1.807, 2.05) is 25.6 Å². The van der Waals surface area contributed by atoms with Crippen LogP contribution in [0, 0.1) is 0 Å². The Labute approximate surface area is 57.7 Å². The molecule has 0 aliphatic carbocycles. The summed E-state index contributed by atoms with van der Waals surface area (Å²) in [7, 11) is 0. The molecule has 0 aromatic rings. The van der Waals surface area contributed by atoms with E-state index < -0.39 is 0 Å². The fourth-order valence-corrected chi connectivity index (χ4v) is 1.30. The molecule has 1 N–H and O–H groups in total. The fourth-order valence-electron chi connectivity index (χ4n) is 0.516. The maximum absolute atomic E-state index is 3.26. The second-order valence-corrected chi connectivity index (χ2v) is 2.59. The van der Waals surface area contributed by atoms with Gasteiger partial charge in [-0.1, -0.05) is 13.8 Å². The zero-order valence-corrected chi connectivity index (χ0v) is 6.55. The van der Waals surface area contributed by atoms with Crippen LogP contribution in [0.15, 0.2) is 0 Å². The Morgan fingerprint density at radius 3 is 1.88 bits per heavy atom. The van der Waals surface area contributed by atoms with Crippen molar-refractivity contribution in [3.8, 4) is 0 Å².